The molecule has 0 spiro atoms. The number of nitrogens with one attached hydrogen (secondary N) is 1. The summed E-state index contributed by atoms with van der Waals surface area (Å²) in [6.45, 7) is 1.23. The normalized spacial score (nSPS) is 12.4. The molecule has 2 rings (SSSR count). The van der Waals surface area contributed by atoms with Crippen LogP contribution in [-0.4, -0.2) is 18.0 Å². The largest absolute Gasteiger partial charge is 0.449 e. The minimum absolute atomic E-state index is 0.0785. The van der Waals surface area contributed by atoms with Gasteiger partial charge in [0.05, 0.1) is 10.6 Å². The second-order valence-corrected chi connectivity index (χ2v) is 5.62. The van der Waals surface area contributed by atoms with Gasteiger partial charge in [0, 0.05) is 5.69 Å². The fourth-order valence-corrected chi connectivity index (χ4v) is 2.19. The van der Waals surface area contributed by atoms with Crippen LogP contribution in [-0.2, 0) is 15.7 Å². The first kappa shape index (κ1) is 19.7. The second kappa shape index (κ2) is 7.74. The molecule has 1 atom stereocenters. The molecule has 0 unspecified atom stereocenters. The number of hydrogen-bond donors (Lipinski definition) is 1. The average molecular weight is 390 g/mol. The Hall–Kier alpha value is -2.61. The first-order valence-corrected chi connectivity index (χ1v) is 7.60. The minimum Gasteiger partial charge on any atom is -0.449 e. The van der Waals surface area contributed by atoms with Crippen molar-refractivity contribution in [2.24, 2.45) is 0 Å². The standard InChI is InChI=1S/C17H12ClF4NO3/c1-9(26-16(25)14-12(18)3-2-4-13(14)19)15(24)23-11-7-5-10(6-8-11)17(20,21)22/h2-9H,1H3,(H,23,24)/t9-/m0/s1. The molecule has 0 saturated heterocycles. The Morgan fingerprint density at radius 2 is 1.73 bits per heavy atom. The highest BCUT2D eigenvalue weighted by Crippen LogP contribution is 2.29. The van der Waals surface area contributed by atoms with E-state index >= 15 is 0 Å². The molecular weight excluding hydrogens is 378 g/mol. The Morgan fingerprint density at radius 3 is 2.27 bits per heavy atom. The molecule has 2 aromatic rings. The Bertz CT molecular complexity index is 801. The molecular formula is C17H12ClF4NO3. The van der Waals surface area contributed by atoms with E-state index in [0.29, 0.717) is 0 Å². The summed E-state index contributed by atoms with van der Waals surface area (Å²) in [5, 5.41) is 2.12. The molecule has 0 radical (unpaired) electrons. The lowest BCUT2D eigenvalue weighted by Crippen LogP contribution is -2.30. The Morgan fingerprint density at radius 1 is 1.12 bits per heavy atom. The number of halogens is 5. The van der Waals surface area contributed by atoms with Crippen LogP contribution in [0.5, 0.6) is 0 Å². The SMILES string of the molecule is C[C@H](OC(=O)c1c(F)cccc1Cl)C(=O)Nc1ccc(C(F)(F)F)cc1. The number of benzene rings is 2. The summed E-state index contributed by atoms with van der Waals surface area (Å²) in [4.78, 5) is 24.0. The van der Waals surface area contributed by atoms with Gasteiger partial charge in [-0.2, -0.15) is 13.2 Å². The van der Waals surface area contributed by atoms with Gasteiger partial charge in [0.1, 0.15) is 11.4 Å². The number of amides is 1. The van der Waals surface area contributed by atoms with Crippen molar-refractivity contribution in [1.82, 2.24) is 0 Å². The molecule has 0 heterocycles. The van der Waals surface area contributed by atoms with E-state index in [1.807, 2.05) is 0 Å². The lowest BCUT2D eigenvalue weighted by molar-refractivity contribution is -0.137. The van der Waals surface area contributed by atoms with E-state index in [9.17, 15) is 27.2 Å². The highest BCUT2D eigenvalue weighted by Gasteiger charge is 2.30. The van der Waals surface area contributed by atoms with Crippen molar-refractivity contribution in [3.05, 3.63) is 64.4 Å². The molecule has 0 aliphatic rings. The third kappa shape index (κ3) is 4.72. The van der Waals surface area contributed by atoms with Crippen LogP contribution in [0.3, 0.4) is 0 Å². The van der Waals surface area contributed by atoms with Crippen LogP contribution in [0.2, 0.25) is 5.02 Å². The predicted molar refractivity (Wildman–Crippen MR) is 86.4 cm³/mol. The fraction of sp³-hybridized carbons (Fsp3) is 0.176. The molecule has 0 saturated carbocycles. The molecule has 0 fully saturated rings. The van der Waals surface area contributed by atoms with E-state index in [2.05, 4.69) is 5.32 Å². The number of rotatable bonds is 4. The third-order valence-electron chi connectivity index (χ3n) is 3.30. The molecule has 26 heavy (non-hydrogen) atoms. The molecule has 9 heteroatoms. The predicted octanol–water partition coefficient (Wildman–Crippen LogP) is 4.68. The summed E-state index contributed by atoms with van der Waals surface area (Å²) in [5.74, 6) is -2.84. The summed E-state index contributed by atoms with van der Waals surface area (Å²) < 4.78 is 56.0. The Balaban J connectivity index is 2.02. The number of carbonyl (C=O) groups excluding carboxylic acids is 2. The van der Waals surface area contributed by atoms with E-state index in [4.69, 9.17) is 16.3 Å². The van der Waals surface area contributed by atoms with Crippen molar-refractivity contribution < 1.29 is 31.9 Å². The van der Waals surface area contributed by atoms with Gasteiger partial charge >= 0.3 is 12.1 Å². The van der Waals surface area contributed by atoms with E-state index in [1.165, 1.54) is 19.1 Å². The number of esters is 1. The minimum atomic E-state index is -4.50. The topological polar surface area (TPSA) is 55.4 Å². The number of ether oxygens (including phenoxy) is 1. The van der Waals surface area contributed by atoms with Crippen molar-refractivity contribution in [3.8, 4) is 0 Å². The zero-order valence-electron chi connectivity index (χ0n) is 13.2. The fourth-order valence-electron chi connectivity index (χ4n) is 1.95. The van der Waals surface area contributed by atoms with Gasteiger partial charge < -0.3 is 10.1 Å². The van der Waals surface area contributed by atoms with Gasteiger partial charge in [-0.1, -0.05) is 17.7 Å². The van der Waals surface area contributed by atoms with Crippen LogP contribution in [0.15, 0.2) is 42.5 Å². The maximum atomic E-state index is 13.7. The molecule has 0 bridgehead atoms. The first-order chi connectivity index (χ1) is 12.1. The quantitative estimate of drug-likeness (QED) is 0.610. The number of alkyl halides is 3. The van der Waals surface area contributed by atoms with Crippen LogP contribution >= 0.6 is 11.6 Å². The van der Waals surface area contributed by atoms with E-state index in [-0.39, 0.29) is 10.7 Å². The summed E-state index contributed by atoms with van der Waals surface area (Å²) in [5.41, 5.74) is -1.30. The lowest BCUT2D eigenvalue weighted by atomic mass is 10.2. The summed E-state index contributed by atoms with van der Waals surface area (Å²) in [6.07, 6.45) is -5.83. The van der Waals surface area contributed by atoms with E-state index in [1.54, 1.807) is 0 Å². The summed E-state index contributed by atoms with van der Waals surface area (Å²) in [7, 11) is 0. The van der Waals surface area contributed by atoms with Crippen LogP contribution in [0.4, 0.5) is 23.2 Å². The molecule has 1 N–H and O–H groups in total. The van der Waals surface area contributed by atoms with Gasteiger partial charge in [0.25, 0.3) is 5.91 Å². The summed E-state index contributed by atoms with van der Waals surface area (Å²) in [6, 6.07) is 7.31. The van der Waals surface area contributed by atoms with Gasteiger partial charge in [0.2, 0.25) is 0 Å². The van der Waals surface area contributed by atoms with Gasteiger partial charge in [-0.25, -0.2) is 9.18 Å². The first-order valence-electron chi connectivity index (χ1n) is 7.22. The van der Waals surface area contributed by atoms with Gasteiger partial charge in [-0.15, -0.1) is 0 Å². The van der Waals surface area contributed by atoms with Crippen LogP contribution in [0, 0.1) is 5.82 Å². The van der Waals surface area contributed by atoms with Gasteiger partial charge in [-0.3, -0.25) is 4.79 Å². The van der Waals surface area contributed by atoms with Crippen molar-refractivity contribution in [3.63, 3.8) is 0 Å². The molecule has 0 aliphatic heterocycles. The molecule has 4 nitrogen and oxygen atoms in total. The molecule has 0 aliphatic carbocycles. The molecule has 2 aromatic carbocycles. The highest BCUT2D eigenvalue weighted by atomic mass is 35.5. The van der Waals surface area contributed by atoms with Crippen molar-refractivity contribution in [1.29, 1.82) is 0 Å². The van der Waals surface area contributed by atoms with Crippen molar-refractivity contribution in [2.45, 2.75) is 19.2 Å². The molecule has 138 valence electrons. The van der Waals surface area contributed by atoms with E-state index < -0.39 is 41.1 Å². The van der Waals surface area contributed by atoms with Crippen LogP contribution < -0.4 is 5.32 Å². The number of anilines is 1. The van der Waals surface area contributed by atoms with Gasteiger partial charge in [-0.05, 0) is 43.3 Å². The van der Waals surface area contributed by atoms with Crippen LogP contribution in [0.25, 0.3) is 0 Å². The maximum absolute atomic E-state index is 13.7. The third-order valence-corrected chi connectivity index (χ3v) is 3.61. The zero-order valence-corrected chi connectivity index (χ0v) is 14.0. The Labute approximate surface area is 150 Å². The number of hydrogen-bond acceptors (Lipinski definition) is 3. The lowest BCUT2D eigenvalue weighted by Gasteiger charge is -2.15. The van der Waals surface area contributed by atoms with Gasteiger partial charge in [0.15, 0.2) is 6.10 Å². The van der Waals surface area contributed by atoms with Crippen molar-refractivity contribution >= 4 is 29.2 Å². The monoisotopic (exact) mass is 389 g/mol. The Kier molecular flexibility index (Phi) is 5.86. The highest BCUT2D eigenvalue weighted by molar-refractivity contribution is 6.33. The molecule has 0 aromatic heterocycles. The number of carbonyl (C=O) groups is 2. The molecule has 1 amide bonds. The second-order valence-electron chi connectivity index (χ2n) is 5.21. The van der Waals surface area contributed by atoms with E-state index in [0.717, 1.165) is 30.3 Å². The smallest absolute Gasteiger partial charge is 0.416 e. The summed E-state index contributed by atoms with van der Waals surface area (Å²) >= 11 is 5.74. The zero-order chi connectivity index (χ0) is 19.5. The maximum Gasteiger partial charge on any atom is 0.416 e. The van der Waals surface area contributed by atoms with Crippen LogP contribution in [0.1, 0.15) is 22.8 Å². The van der Waals surface area contributed by atoms with Crippen molar-refractivity contribution in [2.75, 3.05) is 5.32 Å². The average Bonchev–Trinajstić information content (AvgIpc) is 2.54.